The Morgan fingerprint density at radius 2 is 1.92 bits per heavy atom. The maximum Gasteiger partial charge on any atom is 0.319 e. The highest BCUT2D eigenvalue weighted by atomic mass is 16.5. The summed E-state index contributed by atoms with van der Waals surface area (Å²) in [5, 5.41) is 0.681. The van der Waals surface area contributed by atoms with Gasteiger partial charge in [-0.3, -0.25) is 14.4 Å². The molecular formula is C19H19NO4. The van der Waals surface area contributed by atoms with Crippen molar-refractivity contribution in [1.29, 1.82) is 0 Å². The third-order valence-electron chi connectivity index (χ3n) is 5.14. The van der Waals surface area contributed by atoms with Gasteiger partial charge < -0.3 is 9.30 Å². The Kier molecular flexibility index (Phi) is 2.87. The van der Waals surface area contributed by atoms with Crippen LogP contribution in [-0.4, -0.2) is 16.3 Å². The Hall–Kier alpha value is -2.43. The first-order valence-corrected chi connectivity index (χ1v) is 8.18. The van der Waals surface area contributed by atoms with Crippen LogP contribution in [0.25, 0.3) is 10.9 Å². The molecule has 1 aromatic heterocycles. The average Bonchev–Trinajstić information content (AvgIpc) is 2.44. The highest BCUT2D eigenvalue weighted by Gasteiger charge is 2.39. The molecule has 0 aliphatic carbocycles. The van der Waals surface area contributed by atoms with E-state index < -0.39 is 17.3 Å². The van der Waals surface area contributed by atoms with Crippen LogP contribution in [-0.2, 0) is 10.3 Å². The molecule has 0 spiro atoms. The van der Waals surface area contributed by atoms with Crippen molar-refractivity contribution in [2.45, 2.75) is 52.0 Å². The van der Waals surface area contributed by atoms with Crippen LogP contribution in [0.3, 0.4) is 0 Å². The van der Waals surface area contributed by atoms with Crippen molar-refractivity contribution in [1.82, 2.24) is 4.57 Å². The fourth-order valence-corrected chi connectivity index (χ4v) is 4.30. The Morgan fingerprint density at radius 3 is 2.62 bits per heavy atom. The minimum Gasteiger partial charge on any atom is -0.424 e. The van der Waals surface area contributed by atoms with E-state index in [1.807, 2.05) is 26.8 Å². The zero-order valence-electron chi connectivity index (χ0n) is 14.2. The zero-order chi connectivity index (χ0) is 17.4. The van der Waals surface area contributed by atoms with Crippen molar-refractivity contribution in [2.24, 2.45) is 0 Å². The molecule has 1 atom stereocenters. The number of aryl methyl sites for hydroxylation is 1. The number of carbonyl (C=O) groups is 2. The molecule has 2 aromatic rings. The van der Waals surface area contributed by atoms with Crippen molar-refractivity contribution in [3.63, 3.8) is 0 Å². The largest absolute Gasteiger partial charge is 0.424 e. The molecule has 5 nitrogen and oxygen atoms in total. The van der Waals surface area contributed by atoms with E-state index in [0.29, 0.717) is 5.39 Å². The SMILES string of the molecule is Cc1cc2c3c(c1)c1c(c(=O)n3C(C)(C)C[C@H]2C)C(=O)CC(=O)O1. The molecule has 2 aliphatic heterocycles. The Morgan fingerprint density at radius 1 is 1.21 bits per heavy atom. The molecule has 5 heteroatoms. The first-order valence-electron chi connectivity index (χ1n) is 8.18. The summed E-state index contributed by atoms with van der Waals surface area (Å²) in [7, 11) is 0. The number of carbonyl (C=O) groups excluding carboxylic acids is 2. The molecular weight excluding hydrogens is 306 g/mol. The zero-order valence-corrected chi connectivity index (χ0v) is 14.2. The number of pyridine rings is 1. The van der Waals surface area contributed by atoms with Gasteiger partial charge in [0.2, 0.25) is 0 Å². The fourth-order valence-electron chi connectivity index (χ4n) is 4.30. The lowest BCUT2D eigenvalue weighted by atomic mass is 9.80. The second-order valence-electron chi connectivity index (χ2n) is 7.59. The van der Waals surface area contributed by atoms with Gasteiger partial charge in [-0.05, 0) is 50.3 Å². The van der Waals surface area contributed by atoms with Crippen LogP contribution in [0.4, 0.5) is 0 Å². The van der Waals surface area contributed by atoms with Crippen LogP contribution in [0.1, 0.15) is 61.0 Å². The van der Waals surface area contributed by atoms with Gasteiger partial charge in [-0.1, -0.05) is 13.0 Å². The number of Topliss-reactive ketones (excluding diaryl/α,β-unsaturated/α-hetero) is 1. The fraction of sp³-hybridized carbons (Fsp3) is 0.421. The standard InChI is InChI=1S/C19H19NO4/c1-9-5-11-10(2)8-19(3,4)20-16(11)12(6-9)17-15(18(20)23)13(21)7-14(22)24-17/h5-6,10H,7-8H2,1-4H3/t10-/m1/s1. The lowest BCUT2D eigenvalue weighted by Crippen LogP contribution is -2.44. The molecule has 1 aromatic carbocycles. The molecule has 0 N–H and O–H groups in total. The highest BCUT2D eigenvalue weighted by molar-refractivity contribution is 6.14. The summed E-state index contributed by atoms with van der Waals surface area (Å²) in [6.45, 7) is 8.13. The van der Waals surface area contributed by atoms with E-state index in [1.165, 1.54) is 0 Å². The molecule has 24 heavy (non-hydrogen) atoms. The molecule has 0 radical (unpaired) electrons. The molecule has 124 valence electrons. The third-order valence-corrected chi connectivity index (χ3v) is 5.14. The van der Waals surface area contributed by atoms with Crippen LogP contribution in [0.15, 0.2) is 16.9 Å². The Balaban J connectivity index is 2.29. The smallest absolute Gasteiger partial charge is 0.319 e. The lowest BCUT2D eigenvalue weighted by Gasteiger charge is -2.39. The highest BCUT2D eigenvalue weighted by Crippen LogP contribution is 2.44. The average molecular weight is 325 g/mol. The molecule has 0 amide bonds. The van der Waals surface area contributed by atoms with E-state index >= 15 is 0 Å². The van der Waals surface area contributed by atoms with Gasteiger partial charge >= 0.3 is 5.97 Å². The predicted molar refractivity (Wildman–Crippen MR) is 89.9 cm³/mol. The van der Waals surface area contributed by atoms with Gasteiger partial charge in [0.25, 0.3) is 5.56 Å². The summed E-state index contributed by atoms with van der Waals surface area (Å²) >= 11 is 0. The van der Waals surface area contributed by atoms with Crippen LogP contribution in [0, 0.1) is 6.92 Å². The van der Waals surface area contributed by atoms with Gasteiger partial charge in [-0.15, -0.1) is 0 Å². The normalized spacial score (nSPS) is 21.6. The lowest BCUT2D eigenvalue weighted by molar-refractivity contribution is -0.133. The summed E-state index contributed by atoms with van der Waals surface area (Å²) < 4.78 is 7.09. The summed E-state index contributed by atoms with van der Waals surface area (Å²) in [5.41, 5.74) is 2.13. The molecule has 0 bridgehead atoms. The molecule has 0 saturated heterocycles. The van der Waals surface area contributed by atoms with Gasteiger partial charge in [-0.2, -0.15) is 0 Å². The number of hydrogen-bond acceptors (Lipinski definition) is 4. The van der Waals surface area contributed by atoms with Gasteiger partial charge in [-0.25, -0.2) is 0 Å². The quantitative estimate of drug-likeness (QED) is 0.551. The van der Waals surface area contributed by atoms with E-state index in [4.69, 9.17) is 4.74 Å². The molecule has 3 heterocycles. The number of aromatic nitrogens is 1. The number of hydrogen-bond donors (Lipinski definition) is 0. The summed E-state index contributed by atoms with van der Waals surface area (Å²) in [6.07, 6.45) is 0.439. The second kappa shape index (κ2) is 4.56. The monoisotopic (exact) mass is 325 g/mol. The number of nitrogens with zero attached hydrogens (tertiary/aromatic N) is 1. The number of fused-ring (bicyclic) bond motifs is 2. The van der Waals surface area contributed by atoms with E-state index in [-0.39, 0.29) is 29.2 Å². The van der Waals surface area contributed by atoms with Crippen molar-refractivity contribution in [3.8, 4) is 5.75 Å². The third kappa shape index (κ3) is 1.84. The summed E-state index contributed by atoms with van der Waals surface area (Å²) in [4.78, 5) is 37.3. The van der Waals surface area contributed by atoms with Gasteiger partial charge in [0.15, 0.2) is 11.5 Å². The van der Waals surface area contributed by atoms with Crippen molar-refractivity contribution in [3.05, 3.63) is 39.2 Å². The Labute approximate surface area is 139 Å². The van der Waals surface area contributed by atoms with Crippen molar-refractivity contribution < 1.29 is 14.3 Å². The van der Waals surface area contributed by atoms with Crippen molar-refractivity contribution >= 4 is 22.7 Å². The first kappa shape index (κ1) is 15.1. The molecule has 2 aliphatic rings. The number of rotatable bonds is 0. The van der Waals surface area contributed by atoms with Gasteiger partial charge in [0.05, 0.1) is 5.52 Å². The number of esters is 1. The number of ketones is 1. The van der Waals surface area contributed by atoms with Crippen LogP contribution >= 0.6 is 0 Å². The topological polar surface area (TPSA) is 65.4 Å². The van der Waals surface area contributed by atoms with E-state index in [2.05, 4.69) is 13.0 Å². The Bertz CT molecular complexity index is 997. The molecule has 4 rings (SSSR count). The van der Waals surface area contributed by atoms with Crippen LogP contribution < -0.4 is 10.3 Å². The predicted octanol–water partition coefficient (Wildman–Crippen LogP) is 3.04. The summed E-state index contributed by atoms with van der Waals surface area (Å²) in [5.74, 6) is -0.634. The minimum absolute atomic E-state index is 0.0151. The number of benzene rings is 1. The van der Waals surface area contributed by atoms with Crippen LogP contribution in [0.2, 0.25) is 0 Å². The van der Waals surface area contributed by atoms with Crippen LogP contribution in [0.5, 0.6) is 5.75 Å². The van der Waals surface area contributed by atoms with Gasteiger partial charge in [0.1, 0.15) is 12.0 Å². The first-order chi connectivity index (χ1) is 11.2. The van der Waals surface area contributed by atoms with Gasteiger partial charge in [0, 0.05) is 10.9 Å². The second-order valence-corrected chi connectivity index (χ2v) is 7.59. The van der Waals surface area contributed by atoms with E-state index in [1.54, 1.807) is 4.57 Å². The molecule has 0 saturated carbocycles. The molecule has 0 fully saturated rings. The minimum atomic E-state index is -0.599. The summed E-state index contributed by atoms with van der Waals surface area (Å²) in [6, 6.07) is 3.98. The number of ether oxygens (including phenoxy) is 1. The van der Waals surface area contributed by atoms with Crippen molar-refractivity contribution in [2.75, 3.05) is 0 Å². The van der Waals surface area contributed by atoms with E-state index in [9.17, 15) is 14.4 Å². The van der Waals surface area contributed by atoms with E-state index in [0.717, 1.165) is 23.1 Å². The maximum absolute atomic E-state index is 13.1. The molecule has 0 unspecified atom stereocenters. The maximum atomic E-state index is 13.1.